The summed E-state index contributed by atoms with van der Waals surface area (Å²) in [5.74, 6) is 0.103. The van der Waals surface area contributed by atoms with Gasteiger partial charge in [-0.25, -0.2) is 0 Å². The molecule has 2 aromatic rings. The molecule has 0 saturated heterocycles. The van der Waals surface area contributed by atoms with Crippen LogP contribution in [0, 0.1) is 0 Å². The Hall–Kier alpha value is -1.85. The van der Waals surface area contributed by atoms with Crippen molar-refractivity contribution in [1.29, 1.82) is 0 Å². The quantitative estimate of drug-likeness (QED) is 0.731. The fourth-order valence-corrected chi connectivity index (χ4v) is 2.70. The van der Waals surface area contributed by atoms with Crippen molar-refractivity contribution in [2.24, 2.45) is 0 Å². The van der Waals surface area contributed by atoms with Crippen molar-refractivity contribution in [2.75, 3.05) is 38.0 Å². The summed E-state index contributed by atoms with van der Waals surface area (Å²) in [5, 5.41) is 8.15. The molecule has 6 heteroatoms. The molecule has 0 unspecified atom stereocenters. The zero-order valence-corrected chi connectivity index (χ0v) is 15.1. The van der Waals surface area contributed by atoms with Crippen LogP contribution in [0.15, 0.2) is 30.5 Å². The fourth-order valence-electron chi connectivity index (χ4n) is 2.53. The van der Waals surface area contributed by atoms with Crippen LogP contribution in [-0.4, -0.2) is 48.5 Å². The maximum absolute atomic E-state index is 11.3. The topological polar surface area (TPSA) is 57.3 Å². The van der Waals surface area contributed by atoms with E-state index in [2.05, 4.69) is 27.4 Å². The highest BCUT2D eigenvalue weighted by molar-refractivity contribution is 6.31. The number of pyridine rings is 1. The minimum atomic E-state index is 0.103. The highest BCUT2D eigenvalue weighted by Crippen LogP contribution is 2.24. The van der Waals surface area contributed by atoms with Crippen molar-refractivity contribution in [1.82, 2.24) is 15.2 Å². The van der Waals surface area contributed by atoms with Gasteiger partial charge in [-0.05, 0) is 30.8 Å². The molecule has 1 aromatic carbocycles. The summed E-state index contributed by atoms with van der Waals surface area (Å²) >= 11 is 6.02. The van der Waals surface area contributed by atoms with Gasteiger partial charge < -0.3 is 15.5 Å². The van der Waals surface area contributed by atoms with E-state index in [0.717, 1.165) is 42.8 Å². The largest absolute Gasteiger partial charge is 0.383 e. The normalized spacial score (nSPS) is 11.0. The summed E-state index contributed by atoms with van der Waals surface area (Å²) in [6, 6.07) is 7.72. The molecule has 0 atom stereocenters. The molecule has 0 fully saturated rings. The summed E-state index contributed by atoms with van der Waals surface area (Å²) in [5.41, 5.74) is 1.95. The summed E-state index contributed by atoms with van der Waals surface area (Å²) in [7, 11) is 0. The lowest BCUT2D eigenvalue weighted by Gasteiger charge is -2.21. The molecule has 1 heterocycles. The number of benzene rings is 1. The van der Waals surface area contributed by atoms with Gasteiger partial charge in [-0.15, -0.1) is 0 Å². The third-order valence-corrected chi connectivity index (χ3v) is 4.20. The summed E-state index contributed by atoms with van der Waals surface area (Å²) in [6.07, 6.45) is 2.33. The molecule has 1 aromatic heterocycles. The Morgan fingerprint density at radius 1 is 1.21 bits per heavy atom. The number of aromatic nitrogens is 1. The Morgan fingerprint density at radius 3 is 2.75 bits per heavy atom. The van der Waals surface area contributed by atoms with Crippen molar-refractivity contribution in [2.45, 2.75) is 20.3 Å². The van der Waals surface area contributed by atoms with Crippen molar-refractivity contribution < 1.29 is 4.79 Å². The summed E-state index contributed by atoms with van der Waals surface area (Å²) in [6.45, 7) is 8.24. The first-order valence-electron chi connectivity index (χ1n) is 8.41. The van der Waals surface area contributed by atoms with E-state index >= 15 is 0 Å². The zero-order valence-electron chi connectivity index (χ0n) is 14.3. The number of carbonyl (C=O) groups is 1. The maximum atomic E-state index is 11.3. The van der Waals surface area contributed by atoms with Gasteiger partial charge in [0.15, 0.2) is 0 Å². The van der Waals surface area contributed by atoms with Gasteiger partial charge in [-0.3, -0.25) is 9.78 Å². The van der Waals surface area contributed by atoms with Crippen LogP contribution >= 0.6 is 11.6 Å². The zero-order chi connectivity index (χ0) is 17.4. The predicted octanol–water partition coefficient (Wildman–Crippen LogP) is 3.15. The van der Waals surface area contributed by atoms with E-state index in [1.807, 2.05) is 31.2 Å². The molecule has 0 radical (unpaired) electrons. The standard InChI is InChI=1S/C18H25ClN4O/c1-3-18(24)22-10-12-23(4-2)11-9-21-16-7-8-20-17-13-14(19)5-6-15(16)17/h5-8,13H,3-4,9-12H2,1-2H3,(H,20,21)(H,22,24). The molecule has 130 valence electrons. The van der Waals surface area contributed by atoms with E-state index in [1.54, 1.807) is 6.20 Å². The Labute approximate surface area is 148 Å². The summed E-state index contributed by atoms with van der Waals surface area (Å²) < 4.78 is 0. The number of halogens is 1. The van der Waals surface area contributed by atoms with E-state index in [9.17, 15) is 4.79 Å². The molecule has 2 rings (SSSR count). The second-order valence-electron chi connectivity index (χ2n) is 5.58. The van der Waals surface area contributed by atoms with Gasteiger partial charge in [0.05, 0.1) is 5.52 Å². The SMILES string of the molecule is CCC(=O)NCCN(CC)CCNc1ccnc2cc(Cl)ccc12. The van der Waals surface area contributed by atoms with Crippen LogP contribution in [0.4, 0.5) is 5.69 Å². The first-order chi connectivity index (χ1) is 11.6. The second kappa shape index (κ2) is 9.45. The van der Waals surface area contributed by atoms with Crippen molar-refractivity contribution in [3.63, 3.8) is 0 Å². The van der Waals surface area contributed by atoms with Gasteiger partial charge in [-0.2, -0.15) is 0 Å². The number of nitrogens with zero attached hydrogens (tertiary/aromatic N) is 2. The van der Waals surface area contributed by atoms with Crippen molar-refractivity contribution in [3.05, 3.63) is 35.5 Å². The van der Waals surface area contributed by atoms with Crippen molar-refractivity contribution in [3.8, 4) is 0 Å². The molecule has 1 amide bonds. The number of likely N-dealkylation sites (N-methyl/N-ethyl adjacent to an activating group) is 1. The lowest BCUT2D eigenvalue weighted by molar-refractivity contribution is -0.120. The van der Waals surface area contributed by atoms with Gasteiger partial charge in [0.25, 0.3) is 0 Å². The van der Waals surface area contributed by atoms with E-state index in [1.165, 1.54) is 0 Å². The molecule has 0 aliphatic carbocycles. The van der Waals surface area contributed by atoms with Crippen LogP contribution in [-0.2, 0) is 4.79 Å². The average molecular weight is 349 g/mol. The van der Waals surface area contributed by atoms with Gasteiger partial charge in [0, 0.05) is 54.9 Å². The van der Waals surface area contributed by atoms with Gasteiger partial charge in [0.2, 0.25) is 5.91 Å². The second-order valence-corrected chi connectivity index (χ2v) is 6.02. The number of hydrogen-bond donors (Lipinski definition) is 2. The van der Waals surface area contributed by atoms with Gasteiger partial charge in [-0.1, -0.05) is 25.4 Å². The average Bonchev–Trinajstić information content (AvgIpc) is 2.59. The Kier molecular flexibility index (Phi) is 7.28. The highest BCUT2D eigenvalue weighted by Gasteiger charge is 2.05. The van der Waals surface area contributed by atoms with Crippen LogP contribution in [0.5, 0.6) is 0 Å². The van der Waals surface area contributed by atoms with E-state index in [0.29, 0.717) is 18.0 Å². The highest BCUT2D eigenvalue weighted by atomic mass is 35.5. The lowest BCUT2D eigenvalue weighted by atomic mass is 10.2. The van der Waals surface area contributed by atoms with Crippen molar-refractivity contribution >= 4 is 34.1 Å². The predicted molar refractivity (Wildman–Crippen MR) is 101 cm³/mol. The van der Waals surface area contributed by atoms with E-state index in [4.69, 9.17) is 11.6 Å². The van der Waals surface area contributed by atoms with Crippen LogP contribution in [0.3, 0.4) is 0 Å². The first kappa shape index (κ1) is 18.5. The third kappa shape index (κ3) is 5.35. The van der Waals surface area contributed by atoms with Crippen LogP contribution in [0.2, 0.25) is 5.02 Å². The maximum Gasteiger partial charge on any atom is 0.219 e. The number of fused-ring (bicyclic) bond motifs is 1. The minimum absolute atomic E-state index is 0.103. The first-order valence-corrected chi connectivity index (χ1v) is 8.79. The molecule has 0 saturated carbocycles. The number of rotatable bonds is 9. The Morgan fingerprint density at radius 2 is 2.00 bits per heavy atom. The van der Waals surface area contributed by atoms with Gasteiger partial charge >= 0.3 is 0 Å². The molecule has 0 bridgehead atoms. The number of carbonyl (C=O) groups excluding carboxylic acids is 1. The lowest BCUT2D eigenvalue weighted by Crippen LogP contribution is -2.37. The van der Waals surface area contributed by atoms with E-state index < -0.39 is 0 Å². The molecule has 0 aliphatic heterocycles. The third-order valence-electron chi connectivity index (χ3n) is 3.97. The smallest absolute Gasteiger partial charge is 0.219 e. The number of nitrogens with one attached hydrogen (secondary N) is 2. The number of hydrogen-bond acceptors (Lipinski definition) is 4. The van der Waals surface area contributed by atoms with Crippen LogP contribution in [0.1, 0.15) is 20.3 Å². The number of amides is 1. The van der Waals surface area contributed by atoms with Crippen LogP contribution in [0.25, 0.3) is 10.9 Å². The Balaban J connectivity index is 1.85. The van der Waals surface area contributed by atoms with E-state index in [-0.39, 0.29) is 5.91 Å². The molecule has 5 nitrogen and oxygen atoms in total. The molecule has 0 aliphatic rings. The Bertz CT molecular complexity index is 677. The monoisotopic (exact) mass is 348 g/mol. The fraction of sp³-hybridized carbons (Fsp3) is 0.444. The minimum Gasteiger partial charge on any atom is -0.383 e. The molecular formula is C18H25ClN4O. The molecule has 2 N–H and O–H groups in total. The number of anilines is 1. The van der Waals surface area contributed by atoms with Crippen LogP contribution < -0.4 is 10.6 Å². The molecule has 24 heavy (non-hydrogen) atoms. The molecule has 0 spiro atoms. The van der Waals surface area contributed by atoms with Gasteiger partial charge in [0.1, 0.15) is 0 Å². The molecular weight excluding hydrogens is 324 g/mol. The summed E-state index contributed by atoms with van der Waals surface area (Å²) in [4.78, 5) is 17.9.